The Morgan fingerprint density at radius 3 is 2.40 bits per heavy atom. The number of likely N-dealkylation sites (N-methyl/N-ethyl adjacent to an activating group) is 1. The number of rotatable bonds is 6. The molecule has 2 heteroatoms. The zero-order valence-corrected chi connectivity index (χ0v) is 13.0. The molecule has 1 aromatic rings. The molecule has 1 aliphatic heterocycles. The number of benzene rings is 1. The Bertz CT molecular complexity index is 434. The van der Waals surface area contributed by atoms with Crippen LogP contribution in [0.3, 0.4) is 0 Å². The van der Waals surface area contributed by atoms with Crippen LogP contribution in [0.15, 0.2) is 42.2 Å². The van der Waals surface area contributed by atoms with Crippen LogP contribution in [0, 0.1) is 0 Å². The SMILES string of the molecule is CCC(CC)(c1ccccc1)C(NC)C1=CCCCO1. The summed E-state index contributed by atoms with van der Waals surface area (Å²) in [6, 6.07) is 11.1. The molecule has 0 aliphatic carbocycles. The van der Waals surface area contributed by atoms with Crippen LogP contribution < -0.4 is 5.32 Å². The van der Waals surface area contributed by atoms with Gasteiger partial charge in [0, 0.05) is 5.41 Å². The summed E-state index contributed by atoms with van der Waals surface area (Å²) in [6.45, 7) is 5.41. The van der Waals surface area contributed by atoms with E-state index in [0.29, 0.717) is 0 Å². The first-order valence-electron chi connectivity index (χ1n) is 7.84. The molecule has 0 fully saturated rings. The summed E-state index contributed by atoms with van der Waals surface area (Å²) >= 11 is 0. The minimum atomic E-state index is 0.0964. The van der Waals surface area contributed by atoms with Gasteiger partial charge in [-0.15, -0.1) is 0 Å². The highest BCUT2D eigenvalue weighted by Gasteiger charge is 2.39. The van der Waals surface area contributed by atoms with Crippen molar-refractivity contribution in [2.75, 3.05) is 13.7 Å². The minimum absolute atomic E-state index is 0.0964. The fraction of sp³-hybridized carbons (Fsp3) is 0.556. The molecule has 2 nitrogen and oxygen atoms in total. The number of hydrogen-bond donors (Lipinski definition) is 1. The minimum Gasteiger partial charge on any atom is -0.497 e. The quantitative estimate of drug-likeness (QED) is 0.845. The maximum atomic E-state index is 5.96. The Morgan fingerprint density at radius 2 is 1.90 bits per heavy atom. The first-order chi connectivity index (χ1) is 9.78. The Balaban J connectivity index is 2.42. The van der Waals surface area contributed by atoms with Gasteiger partial charge in [-0.05, 0) is 44.4 Å². The van der Waals surface area contributed by atoms with Crippen LogP contribution in [0.4, 0.5) is 0 Å². The summed E-state index contributed by atoms with van der Waals surface area (Å²) in [4.78, 5) is 0. The van der Waals surface area contributed by atoms with Crippen molar-refractivity contribution < 1.29 is 4.74 Å². The van der Waals surface area contributed by atoms with Crippen molar-refractivity contribution in [1.82, 2.24) is 5.32 Å². The van der Waals surface area contributed by atoms with Crippen LogP contribution in [0.2, 0.25) is 0 Å². The molecule has 110 valence electrons. The van der Waals surface area contributed by atoms with E-state index in [0.717, 1.165) is 38.0 Å². The lowest BCUT2D eigenvalue weighted by atomic mass is 9.69. The third kappa shape index (κ3) is 2.76. The normalized spacial score (nSPS) is 17.2. The molecular formula is C18H27NO. The molecule has 1 heterocycles. The second-order valence-electron chi connectivity index (χ2n) is 5.55. The second-order valence-corrected chi connectivity index (χ2v) is 5.55. The van der Waals surface area contributed by atoms with Gasteiger partial charge >= 0.3 is 0 Å². The van der Waals surface area contributed by atoms with Crippen molar-refractivity contribution in [2.24, 2.45) is 0 Å². The van der Waals surface area contributed by atoms with Gasteiger partial charge in [0.05, 0.1) is 12.6 Å². The Kier molecular flexibility index (Phi) is 5.24. The van der Waals surface area contributed by atoms with Gasteiger partial charge in [0.1, 0.15) is 5.76 Å². The predicted octanol–water partition coefficient (Wildman–Crippen LogP) is 4.03. The topological polar surface area (TPSA) is 21.3 Å². The molecule has 0 bridgehead atoms. The summed E-state index contributed by atoms with van der Waals surface area (Å²) < 4.78 is 5.96. The zero-order chi connectivity index (χ0) is 14.4. The van der Waals surface area contributed by atoms with Gasteiger partial charge < -0.3 is 10.1 Å². The van der Waals surface area contributed by atoms with Gasteiger partial charge in [0.2, 0.25) is 0 Å². The van der Waals surface area contributed by atoms with Crippen LogP contribution in [-0.4, -0.2) is 19.7 Å². The summed E-state index contributed by atoms with van der Waals surface area (Å²) in [5, 5.41) is 3.52. The van der Waals surface area contributed by atoms with E-state index in [1.807, 2.05) is 7.05 Å². The van der Waals surface area contributed by atoms with E-state index in [4.69, 9.17) is 4.74 Å². The molecule has 0 saturated carbocycles. The van der Waals surface area contributed by atoms with Crippen molar-refractivity contribution in [2.45, 2.75) is 51.0 Å². The monoisotopic (exact) mass is 273 g/mol. The molecule has 1 unspecified atom stereocenters. The maximum absolute atomic E-state index is 5.96. The third-order valence-corrected chi connectivity index (χ3v) is 4.70. The maximum Gasteiger partial charge on any atom is 0.110 e. The number of nitrogens with one attached hydrogen (secondary N) is 1. The van der Waals surface area contributed by atoms with Crippen LogP contribution in [0.25, 0.3) is 0 Å². The van der Waals surface area contributed by atoms with Crippen LogP contribution in [0.1, 0.15) is 45.1 Å². The van der Waals surface area contributed by atoms with E-state index >= 15 is 0 Å². The molecule has 2 rings (SSSR count). The van der Waals surface area contributed by atoms with Gasteiger partial charge in [-0.2, -0.15) is 0 Å². The van der Waals surface area contributed by atoms with Crippen molar-refractivity contribution in [3.05, 3.63) is 47.7 Å². The van der Waals surface area contributed by atoms with E-state index < -0.39 is 0 Å². The molecule has 1 aromatic carbocycles. The lowest BCUT2D eigenvalue weighted by Crippen LogP contribution is -2.48. The average molecular weight is 273 g/mol. The van der Waals surface area contributed by atoms with Crippen molar-refractivity contribution in [3.63, 3.8) is 0 Å². The zero-order valence-electron chi connectivity index (χ0n) is 13.0. The van der Waals surface area contributed by atoms with E-state index in [1.165, 1.54) is 5.56 Å². The van der Waals surface area contributed by atoms with E-state index in [2.05, 4.69) is 55.6 Å². The molecule has 1 aliphatic rings. The summed E-state index contributed by atoms with van der Waals surface area (Å²) in [5.74, 6) is 1.13. The fourth-order valence-corrected chi connectivity index (χ4v) is 3.47. The smallest absolute Gasteiger partial charge is 0.110 e. The Labute approximate surface area is 123 Å². The highest BCUT2D eigenvalue weighted by atomic mass is 16.5. The van der Waals surface area contributed by atoms with Gasteiger partial charge in [-0.1, -0.05) is 44.2 Å². The second kappa shape index (κ2) is 6.94. The van der Waals surface area contributed by atoms with Crippen molar-refractivity contribution in [3.8, 4) is 0 Å². The van der Waals surface area contributed by atoms with E-state index in [1.54, 1.807) is 0 Å². The summed E-state index contributed by atoms with van der Waals surface area (Å²) in [5.41, 5.74) is 1.50. The highest BCUT2D eigenvalue weighted by Crippen LogP contribution is 2.39. The summed E-state index contributed by atoms with van der Waals surface area (Å²) in [7, 11) is 2.05. The van der Waals surface area contributed by atoms with Gasteiger partial charge in [0.15, 0.2) is 0 Å². The van der Waals surface area contributed by atoms with Crippen LogP contribution in [-0.2, 0) is 10.2 Å². The number of hydrogen-bond acceptors (Lipinski definition) is 2. The number of allylic oxidation sites excluding steroid dienone is 1. The van der Waals surface area contributed by atoms with Gasteiger partial charge in [-0.3, -0.25) is 0 Å². The predicted molar refractivity (Wildman–Crippen MR) is 84.8 cm³/mol. The lowest BCUT2D eigenvalue weighted by Gasteiger charge is -2.41. The lowest BCUT2D eigenvalue weighted by molar-refractivity contribution is 0.138. The third-order valence-electron chi connectivity index (χ3n) is 4.70. The average Bonchev–Trinajstić information content (AvgIpc) is 2.54. The van der Waals surface area contributed by atoms with Crippen molar-refractivity contribution in [1.29, 1.82) is 0 Å². The Hall–Kier alpha value is -1.28. The van der Waals surface area contributed by atoms with Gasteiger partial charge in [-0.25, -0.2) is 0 Å². The number of ether oxygens (including phenoxy) is 1. The van der Waals surface area contributed by atoms with Crippen LogP contribution in [0.5, 0.6) is 0 Å². The molecule has 0 amide bonds. The fourth-order valence-electron chi connectivity index (χ4n) is 3.47. The van der Waals surface area contributed by atoms with Crippen molar-refractivity contribution >= 4 is 0 Å². The Morgan fingerprint density at radius 1 is 1.20 bits per heavy atom. The highest BCUT2D eigenvalue weighted by molar-refractivity contribution is 5.31. The molecule has 0 spiro atoms. The molecule has 20 heavy (non-hydrogen) atoms. The first kappa shape index (κ1) is 15.1. The first-order valence-corrected chi connectivity index (χ1v) is 7.84. The van der Waals surface area contributed by atoms with Crippen LogP contribution >= 0.6 is 0 Å². The van der Waals surface area contributed by atoms with E-state index in [-0.39, 0.29) is 11.5 Å². The van der Waals surface area contributed by atoms with Gasteiger partial charge in [0.25, 0.3) is 0 Å². The summed E-state index contributed by atoms with van der Waals surface area (Å²) in [6.07, 6.45) is 6.73. The molecular weight excluding hydrogens is 246 g/mol. The molecule has 0 radical (unpaired) electrons. The molecule has 0 saturated heterocycles. The molecule has 1 N–H and O–H groups in total. The largest absolute Gasteiger partial charge is 0.497 e. The molecule has 1 atom stereocenters. The molecule has 0 aromatic heterocycles. The standard InChI is InChI=1S/C18H27NO/c1-4-18(5-2,15-11-7-6-8-12-15)17(19-3)16-13-9-10-14-20-16/h6-8,11-13,17,19H,4-5,9-10,14H2,1-3H3. The van der Waals surface area contributed by atoms with E-state index in [9.17, 15) is 0 Å².